The molecular formula is C16H18FNO3. The second kappa shape index (κ2) is 6.65. The zero-order valence-corrected chi connectivity index (χ0v) is 12.0. The van der Waals surface area contributed by atoms with Gasteiger partial charge in [0.15, 0.2) is 0 Å². The van der Waals surface area contributed by atoms with Crippen molar-refractivity contribution in [3.63, 3.8) is 0 Å². The minimum atomic E-state index is -1.38. The number of methoxy groups -OCH3 is 1. The second-order valence-electron chi connectivity index (χ2n) is 4.77. The molecule has 0 saturated heterocycles. The van der Waals surface area contributed by atoms with Crippen molar-refractivity contribution in [3.8, 4) is 5.75 Å². The summed E-state index contributed by atoms with van der Waals surface area (Å²) in [5.41, 5.74) is -0.455. The van der Waals surface area contributed by atoms with Crippen molar-refractivity contribution < 1.29 is 19.0 Å². The number of aromatic nitrogens is 1. The van der Waals surface area contributed by atoms with Crippen LogP contribution >= 0.6 is 0 Å². The third-order valence-electron chi connectivity index (χ3n) is 3.18. The van der Waals surface area contributed by atoms with Crippen LogP contribution in [-0.4, -0.2) is 30.4 Å². The van der Waals surface area contributed by atoms with E-state index in [-0.39, 0.29) is 0 Å². The molecule has 1 atom stereocenters. The van der Waals surface area contributed by atoms with Crippen LogP contribution in [0.3, 0.4) is 0 Å². The van der Waals surface area contributed by atoms with Gasteiger partial charge >= 0.3 is 0 Å². The Hall–Kier alpha value is -1.98. The normalized spacial score (nSPS) is 13.7. The quantitative estimate of drug-likeness (QED) is 0.831. The molecule has 0 bridgehead atoms. The Morgan fingerprint density at radius 2 is 1.95 bits per heavy atom. The summed E-state index contributed by atoms with van der Waals surface area (Å²) >= 11 is 0. The first kappa shape index (κ1) is 15.4. The lowest BCUT2D eigenvalue weighted by molar-refractivity contribution is 0.0899. The van der Waals surface area contributed by atoms with Gasteiger partial charge < -0.3 is 14.6 Å². The molecule has 1 unspecified atom stereocenters. The number of ether oxygens (including phenoxy) is 2. The lowest BCUT2D eigenvalue weighted by Gasteiger charge is -2.25. The van der Waals surface area contributed by atoms with E-state index in [0.717, 1.165) is 6.20 Å². The van der Waals surface area contributed by atoms with Crippen molar-refractivity contribution in [2.24, 2.45) is 0 Å². The molecule has 1 N–H and O–H groups in total. The van der Waals surface area contributed by atoms with Gasteiger partial charge in [0.05, 0.1) is 18.5 Å². The Morgan fingerprint density at radius 3 is 2.62 bits per heavy atom. The predicted molar refractivity (Wildman–Crippen MR) is 76.7 cm³/mol. The monoisotopic (exact) mass is 291 g/mol. The average Bonchev–Trinajstić information content (AvgIpc) is 2.48. The molecule has 21 heavy (non-hydrogen) atoms. The van der Waals surface area contributed by atoms with Crippen molar-refractivity contribution in [1.29, 1.82) is 0 Å². The number of nitrogens with zero attached hydrogens (tertiary/aromatic N) is 1. The molecule has 0 aliphatic heterocycles. The highest BCUT2D eigenvalue weighted by molar-refractivity contribution is 5.42. The van der Waals surface area contributed by atoms with Crippen LogP contribution < -0.4 is 4.74 Å². The maximum atomic E-state index is 13.0. The Balaban J connectivity index is 2.32. The minimum absolute atomic E-state index is 0.353. The van der Waals surface area contributed by atoms with Crippen LogP contribution in [-0.2, 0) is 10.3 Å². The SMILES string of the molecule is COCCOc1ccccc1C(C)(O)c1ccc(F)cn1. The molecule has 0 amide bonds. The van der Waals surface area contributed by atoms with E-state index in [2.05, 4.69) is 4.98 Å². The summed E-state index contributed by atoms with van der Waals surface area (Å²) in [5, 5.41) is 10.8. The maximum absolute atomic E-state index is 13.0. The fraction of sp³-hybridized carbons (Fsp3) is 0.312. The fourth-order valence-corrected chi connectivity index (χ4v) is 2.03. The number of para-hydroxylation sites is 1. The third kappa shape index (κ3) is 3.56. The number of benzene rings is 1. The minimum Gasteiger partial charge on any atom is -0.491 e. The van der Waals surface area contributed by atoms with Gasteiger partial charge in [-0.2, -0.15) is 0 Å². The van der Waals surface area contributed by atoms with E-state index in [1.54, 1.807) is 32.2 Å². The molecule has 112 valence electrons. The van der Waals surface area contributed by atoms with E-state index in [1.165, 1.54) is 12.1 Å². The standard InChI is InChI=1S/C16H18FNO3/c1-16(19,15-8-7-12(17)11-18-15)13-5-3-4-6-14(13)21-10-9-20-2/h3-8,11,19H,9-10H2,1-2H3. The lowest BCUT2D eigenvalue weighted by atomic mass is 9.91. The molecule has 1 aromatic carbocycles. The van der Waals surface area contributed by atoms with Crippen LogP contribution in [0.4, 0.5) is 4.39 Å². The summed E-state index contributed by atoms with van der Waals surface area (Å²) in [7, 11) is 1.59. The van der Waals surface area contributed by atoms with Gasteiger partial charge in [-0.05, 0) is 25.1 Å². The molecule has 0 radical (unpaired) electrons. The number of aliphatic hydroxyl groups is 1. The van der Waals surface area contributed by atoms with Crippen molar-refractivity contribution in [1.82, 2.24) is 4.98 Å². The summed E-state index contributed by atoms with van der Waals surface area (Å²) in [5.74, 6) is 0.102. The van der Waals surface area contributed by atoms with Crippen LogP contribution in [0.15, 0.2) is 42.6 Å². The summed E-state index contributed by atoms with van der Waals surface area (Å²) in [4.78, 5) is 3.96. The van der Waals surface area contributed by atoms with E-state index in [9.17, 15) is 9.50 Å². The zero-order valence-electron chi connectivity index (χ0n) is 12.0. The molecule has 1 heterocycles. The average molecular weight is 291 g/mol. The number of hydrogen-bond donors (Lipinski definition) is 1. The van der Waals surface area contributed by atoms with Crippen molar-refractivity contribution in [2.45, 2.75) is 12.5 Å². The first-order chi connectivity index (χ1) is 10.1. The van der Waals surface area contributed by atoms with E-state index in [1.807, 2.05) is 6.07 Å². The molecule has 0 saturated carbocycles. The third-order valence-corrected chi connectivity index (χ3v) is 3.18. The first-order valence-electron chi connectivity index (χ1n) is 6.61. The highest BCUT2D eigenvalue weighted by Crippen LogP contribution is 2.34. The first-order valence-corrected chi connectivity index (χ1v) is 6.61. The predicted octanol–water partition coefficient (Wildman–Crippen LogP) is 2.50. The summed E-state index contributed by atoms with van der Waals surface area (Å²) in [6.07, 6.45) is 1.08. The van der Waals surface area contributed by atoms with Gasteiger partial charge in [0.25, 0.3) is 0 Å². The molecule has 0 aliphatic carbocycles. The van der Waals surface area contributed by atoms with Crippen LogP contribution in [0.1, 0.15) is 18.2 Å². The molecule has 0 aliphatic rings. The highest BCUT2D eigenvalue weighted by atomic mass is 19.1. The van der Waals surface area contributed by atoms with Crippen LogP contribution in [0.5, 0.6) is 5.75 Å². The highest BCUT2D eigenvalue weighted by Gasteiger charge is 2.30. The van der Waals surface area contributed by atoms with E-state index in [4.69, 9.17) is 9.47 Å². The lowest BCUT2D eigenvalue weighted by Crippen LogP contribution is -2.25. The number of halogens is 1. The molecular weight excluding hydrogens is 273 g/mol. The van der Waals surface area contributed by atoms with Crippen molar-refractivity contribution >= 4 is 0 Å². The van der Waals surface area contributed by atoms with Gasteiger partial charge in [0.1, 0.15) is 23.8 Å². The van der Waals surface area contributed by atoms with Crippen LogP contribution in [0.2, 0.25) is 0 Å². The molecule has 2 aromatic rings. The van der Waals surface area contributed by atoms with E-state index < -0.39 is 11.4 Å². The Morgan fingerprint density at radius 1 is 1.19 bits per heavy atom. The van der Waals surface area contributed by atoms with Crippen molar-refractivity contribution in [2.75, 3.05) is 20.3 Å². The largest absolute Gasteiger partial charge is 0.491 e. The Labute approximate surface area is 123 Å². The number of rotatable bonds is 6. The Bertz CT molecular complexity index is 584. The molecule has 0 fully saturated rings. The van der Waals surface area contributed by atoms with E-state index in [0.29, 0.717) is 30.2 Å². The summed E-state index contributed by atoms with van der Waals surface area (Å²) in [6.45, 7) is 2.43. The van der Waals surface area contributed by atoms with Gasteiger partial charge in [0, 0.05) is 12.7 Å². The maximum Gasteiger partial charge on any atom is 0.141 e. The summed E-state index contributed by atoms with van der Waals surface area (Å²) < 4.78 is 23.5. The fourth-order valence-electron chi connectivity index (χ4n) is 2.03. The molecule has 4 nitrogen and oxygen atoms in total. The van der Waals surface area contributed by atoms with Crippen LogP contribution in [0.25, 0.3) is 0 Å². The van der Waals surface area contributed by atoms with Gasteiger partial charge in [-0.3, -0.25) is 4.98 Å². The molecule has 0 spiro atoms. The number of pyridine rings is 1. The number of hydrogen-bond acceptors (Lipinski definition) is 4. The van der Waals surface area contributed by atoms with E-state index >= 15 is 0 Å². The van der Waals surface area contributed by atoms with Crippen LogP contribution in [0, 0.1) is 5.82 Å². The van der Waals surface area contributed by atoms with Gasteiger partial charge in [0.2, 0.25) is 0 Å². The van der Waals surface area contributed by atoms with Crippen molar-refractivity contribution in [3.05, 3.63) is 59.7 Å². The zero-order chi connectivity index (χ0) is 15.3. The Kier molecular flexibility index (Phi) is 4.88. The second-order valence-corrected chi connectivity index (χ2v) is 4.77. The molecule has 5 heteroatoms. The smallest absolute Gasteiger partial charge is 0.141 e. The van der Waals surface area contributed by atoms with Gasteiger partial charge in [-0.1, -0.05) is 18.2 Å². The topological polar surface area (TPSA) is 51.6 Å². The van der Waals surface area contributed by atoms with Gasteiger partial charge in [-0.25, -0.2) is 4.39 Å². The molecule has 1 aromatic heterocycles. The van der Waals surface area contributed by atoms with Gasteiger partial charge in [-0.15, -0.1) is 0 Å². The summed E-state index contributed by atoms with van der Waals surface area (Å²) in [6, 6.07) is 9.87. The molecule has 2 rings (SSSR count).